The molecule has 0 aliphatic carbocycles. The maximum absolute atomic E-state index is 14.0. The summed E-state index contributed by atoms with van der Waals surface area (Å²) in [6.07, 6.45) is 5.42. The predicted molar refractivity (Wildman–Crippen MR) is 175 cm³/mol. The second kappa shape index (κ2) is 15.1. The summed E-state index contributed by atoms with van der Waals surface area (Å²) in [4.78, 5) is 32.2. The molecule has 1 atom stereocenters. The van der Waals surface area contributed by atoms with Gasteiger partial charge in [-0.1, -0.05) is 75.2 Å². The Kier molecular flexibility index (Phi) is 10.7. The molecule has 1 aromatic heterocycles. The third-order valence-corrected chi connectivity index (χ3v) is 8.22. The van der Waals surface area contributed by atoms with Crippen LogP contribution in [0, 0.1) is 0 Å². The van der Waals surface area contributed by atoms with E-state index < -0.39 is 6.04 Å². The molecule has 4 aromatic rings. The molecule has 2 heterocycles. The number of para-hydroxylation sites is 1. The Balaban J connectivity index is 1.48. The molecule has 1 unspecified atom stereocenters. The molecule has 0 fully saturated rings. The monoisotopic (exact) mass is 596 g/mol. The summed E-state index contributed by atoms with van der Waals surface area (Å²) in [5.41, 5.74) is 2.50. The van der Waals surface area contributed by atoms with Crippen LogP contribution in [0.25, 0.3) is 11.0 Å². The number of fused-ring (bicyclic) bond motifs is 2. The van der Waals surface area contributed by atoms with Crippen molar-refractivity contribution in [3.05, 3.63) is 105 Å². The number of hydrogen-bond donors (Lipinski definition) is 0. The van der Waals surface area contributed by atoms with Crippen molar-refractivity contribution in [1.82, 2.24) is 9.80 Å². The second-order valence-corrected chi connectivity index (χ2v) is 11.4. The van der Waals surface area contributed by atoms with Crippen molar-refractivity contribution in [2.75, 3.05) is 32.8 Å². The predicted octanol–water partition coefficient (Wildman–Crippen LogP) is 7.61. The first-order valence-electron chi connectivity index (χ1n) is 16.1. The summed E-state index contributed by atoms with van der Waals surface area (Å²) < 4.78 is 18.3. The second-order valence-electron chi connectivity index (χ2n) is 11.4. The minimum Gasteiger partial charge on any atom is -0.490 e. The highest BCUT2D eigenvalue weighted by atomic mass is 16.5. The molecule has 1 amide bonds. The third kappa shape index (κ3) is 6.99. The smallest absolute Gasteiger partial charge is 0.290 e. The van der Waals surface area contributed by atoms with E-state index in [0.29, 0.717) is 47.8 Å². The topological polar surface area (TPSA) is 72.2 Å². The molecular weight excluding hydrogens is 552 g/mol. The Bertz CT molecular complexity index is 1590. The lowest BCUT2D eigenvalue weighted by atomic mass is 9.98. The maximum Gasteiger partial charge on any atom is 0.290 e. The molecule has 0 saturated carbocycles. The Morgan fingerprint density at radius 3 is 2.23 bits per heavy atom. The molecule has 0 saturated heterocycles. The van der Waals surface area contributed by atoms with Gasteiger partial charge in [-0.05, 0) is 81.2 Å². The van der Waals surface area contributed by atoms with Crippen molar-refractivity contribution in [3.63, 3.8) is 0 Å². The zero-order valence-corrected chi connectivity index (χ0v) is 26.2. The van der Waals surface area contributed by atoms with Crippen molar-refractivity contribution in [2.45, 2.75) is 65.5 Å². The van der Waals surface area contributed by atoms with Gasteiger partial charge in [-0.2, -0.15) is 0 Å². The van der Waals surface area contributed by atoms with Crippen LogP contribution in [0.15, 0.2) is 82.0 Å². The molecule has 44 heavy (non-hydrogen) atoms. The molecular formula is C37H44N2O5. The number of unbranched alkanes of at least 4 members (excludes halogenated alkanes) is 2. The summed E-state index contributed by atoms with van der Waals surface area (Å²) >= 11 is 0. The van der Waals surface area contributed by atoms with Gasteiger partial charge in [0.2, 0.25) is 5.76 Å². The van der Waals surface area contributed by atoms with Crippen molar-refractivity contribution in [2.24, 2.45) is 0 Å². The molecule has 1 aliphatic rings. The number of ether oxygens (including phenoxy) is 2. The Morgan fingerprint density at radius 2 is 1.50 bits per heavy atom. The molecule has 1 aliphatic heterocycles. The minimum atomic E-state index is -0.583. The highest BCUT2D eigenvalue weighted by Gasteiger charge is 2.42. The first-order valence-corrected chi connectivity index (χ1v) is 16.1. The Morgan fingerprint density at radius 1 is 0.795 bits per heavy atom. The van der Waals surface area contributed by atoms with Crippen molar-refractivity contribution in [1.29, 1.82) is 0 Å². The summed E-state index contributed by atoms with van der Waals surface area (Å²) in [6.45, 7) is 10.7. The summed E-state index contributed by atoms with van der Waals surface area (Å²) in [7, 11) is 0. The zero-order chi connectivity index (χ0) is 30.9. The molecule has 3 aromatic carbocycles. The number of carbonyl (C=O) groups is 1. The van der Waals surface area contributed by atoms with E-state index in [1.54, 1.807) is 12.1 Å². The third-order valence-electron chi connectivity index (χ3n) is 8.22. The van der Waals surface area contributed by atoms with Gasteiger partial charge in [0.05, 0.1) is 23.6 Å². The number of benzene rings is 3. The molecule has 5 rings (SSSR count). The first kappa shape index (κ1) is 31.3. The van der Waals surface area contributed by atoms with Crippen LogP contribution in [-0.4, -0.2) is 48.5 Å². The van der Waals surface area contributed by atoms with Gasteiger partial charge in [0.1, 0.15) is 12.2 Å². The highest BCUT2D eigenvalue weighted by molar-refractivity contribution is 5.99. The largest absolute Gasteiger partial charge is 0.490 e. The van der Waals surface area contributed by atoms with Crippen LogP contribution in [0.4, 0.5) is 0 Å². The van der Waals surface area contributed by atoms with Crippen LogP contribution < -0.4 is 14.9 Å². The molecule has 0 radical (unpaired) electrons. The fourth-order valence-corrected chi connectivity index (χ4v) is 5.93. The average molecular weight is 597 g/mol. The van der Waals surface area contributed by atoms with Gasteiger partial charge in [-0.3, -0.25) is 9.59 Å². The number of amides is 1. The van der Waals surface area contributed by atoms with Gasteiger partial charge in [-0.25, -0.2) is 0 Å². The van der Waals surface area contributed by atoms with Gasteiger partial charge in [0.15, 0.2) is 16.9 Å². The lowest BCUT2D eigenvalue weighted by Gasteiger charge is -2.28. The molecule has 0 N–H and O–H groups in total. The fourth-order valence-electron chi connectivity index (χ4n) is 5.93. The molecule has 0 bridgehead atoms. The van der Waals surface area contributed by atoms with Crippen molar-refractivity contribution < 1.29 is 18.7 Å². The zero-order valence-electron chi connectivity index (χ0n) is 26.2. The minimum absolute atomic E-state index is 0.134. The van der Waals surface area contributed by atoms with E-state index in [0.717, 1.165) is 62.9 Å². The number of hydrogen-bond acceptors (Lipinski definition) is 6. The average Bonchev–Trinajstić information content (AvgIpc) is 3.33. The van der Waals surface area contributed by atoms with Gasteiger partial charge in [0, 0.05) is 6.54 Å². The van der Waals surface area contributed by atoms with E-state index in [1.807, 2.05) is 72.5 Å². The summed E-state index contributed by atoms with van der Waals surface area (Å²) in [5, 5.41) is 0.476. The maximum atomic E-state index is 14.0. The van der Waals surface area contributed by atoms with Gasteiger partial charge in [-0.15, -0.1) is 0 Å². The number of carbonyl (C=O) groups excluding carboxylic acids is 1. The standard InChI is InChI=1S/C37H44N2O5/c1-4-7-21-38(22-8-5-2)23-14-24-39-34(33-35(40)29-17-12-13-18-30(29)44-36(33)37(39)41)28-19-20-31(32(25-28)42-6-3)43-26-27-15-10-9-11-16-27/h9-13,15-20,25,34H,4-8,14,21-24,26H2,1-3H3. The number of nitrogens with zero attached hydrogens (tertiary/aromatic N) is 2. The fraction of sp³-hybridized carbons (Fsp3) is 0.405. The van der Waals surface area contributed by atoms with Crippen molar-refractivity contribution in [3.8, 4) is 11.5 Å². The van der Waals surface area contributed by atoms with E-state index in [1.165, 1.54) is 0 Å². The Hall–Kier alpha value is -4.10. The normalized spacial score (nSPS) is 14.4. The number of rotatable bonds is 16. The van der Waals surface area contributed by atoms with Crippen LogP contribution in [0.2, 0.25) is 0 Å². The van der Waals surface area contributed by atoms with Crippen molar-refractivity contribution >= 4 is 16.9 Å². The SMILES string of the molecule is CCCCN(CCCC)CCCN1C(=O)c2oc3ccccc3c(=O)c2C1c1ccc(OCc2ccccc2)c(OCC)c1. The van der Waals surface area contributed by atoms with E-state index in [-0.39, 0.29) is 17.1 Å². The molecule has 0 spiro atoms. The van der Waals surface area contributed by atoms with E-state index >= 15 is 0 Å². The van der Waals surface area contributed by atoms with Crippen LogP contribution in [0.5, 0.6) is 11.5 Å². The van der Waals surface area contributed by atoms with Gasteiger partial charge >= 0.3 is 0 Å². The molecule has 7 nitrogen and oxygen atoms in total. The lowest BCUT2D eigenvalue weighted by molar-refractivity contribution is 0.0718. The van der Waals surface area contributed by atoms with Crippen LogP contribution in [0.1, 0.15) is 86.2 Å². The van der Waals surface area contributed by atoms with Crippen LogP contribution in [-0.2, 0) is 6.61 Å². The molecule has 7 heteroatoms. The van der Waals surface area contributed by atoms with Crippen LogP contribution >= 0.6 is 0 Å². The van der Waals surface area contributed by atoms with E-state index in [9.17, 15) is 9.59 Å². The Labute approximate surface area is 260 Å². The van der Waals surface area contributed by atoms with E-state index in [2.05, 4.69) is 18.7 Å². The highest BCUT2D eigenvalue weighted by Crippen LogP contribution is 2.41. The van der Waals surface area contributed by atoms with Gasteiger partial charge < -0.3 is 23.7 Å². The van der Waals surface area contributed by atoms with E-state index in [4.69, 9.17) is 13.9 Å². The van der Waals surface area contributed by atoms with Crippen LogP contribution in [0.3, 0.4) is 0 Å². The summed E-state index contributed by atoms with van der Waals surface area (Å²) in [6, 6.07) is 22.3. The lowest BCUT2D eigenvalue weighted by Crippen LogP contribution is -2.34. The van der Waals surface area contributed by atoms with Gasteiger partial charge in [0.25, 0.3) is 5.91 Å². The quantitative estimate of drug-likeness (QED) is 0.133. The summed E-state index contributed by atoms with van der Waals surface area (Å²) in [5.74, 6) is 1.08. The first-order chi connectivity index (χ1) is 21.5. The molecule has 232 valence electrons.